The second-order valence-corrected chi connectivity index (χ2v) is 7.57. The van der Waals surface area contributed by atoms with E-state index in [4.69, 9.17) is 4.74 Å². The monoisotopic (exact) mass is 290 g/mol. The minimum absolute atomic E-state index is 0.593. The molecule has 0 spiro atoms. The van der Waals surface area contributed by atoms with Crippen molar-refractivity contribution in [3.63, 3.8) is 0 Å². The van der Waals surface area contributed by atoms with Gasteiger partial charge < -0.3 is 9.64 Å². The Balaban J connectivity index is 2.56. The van der Waals surface area contributed by atoms with E-state index in [1.165, 1.54) is 29.8 Å². The fraction of sp³-hybridized carbons (Fsp3) is 0.529. The van der Waals surface area contributed by atoms with Crippen LogP contribution in [0, 0.1) is 0 Å². The van der Waals surface area contributed by atoms with Crippen molar-refractivity contribution in [2.24, 2.45) is 0 Å². The molecule has 0 heterocycles. The summed E-state index contributed by atoms with van der Waals surface area (Å²) in [5, 5.41) is 1.47. The van der Waals surface area contributed by atoms with Crippen molar-refractivity contribution in [3.05, 3.63) is 36.4 Å². The molecule has 0 fully saturated rings. The maximum Gasteiger partial charge on any atom is 0.116 e. The lowest BCUT2D eigenvalue weighted by atomic mass is 10.2. The van der Waals surface area contributed by atoms with Gasteiger partial charge in [-0.15, -0.1) is 0 Å². The van der Waals surface area contributed by atoms with E-state index in [2.05, 4.69) is 49.6 Å². The third-order valence-corrected chi connectivity index (χ3v) is 6.46. The molecule has 2 nitrogen and oxygen atoms in total. The molecule has 20 heavy (non-hydrogen) atoms. The lowest BCUT2D eigenvalue weighted by Gasteiger charge is -2.20. The Morgan fingerprint density at radius 2 is 1.85 bits per heavy atom. The number of methoxy groups -OCH3 is 1. The first kappa shape index (κ1) is 17.1. The largest absolute Gasteiger partial charge is 0.388 e. The molecule has 0 aliphatic heterocycles. The van der Waals surface area contributed by atoms with E-state index in [0.29, 0.717) is 0 Å². The molecular weight excluding hydrogens is 262 g/mol. The fourth-order valence-electron chi connectivity index (χ4n) is 2.38. The van der Waals surface area contributed by atoms with Crippen LogP contribution in [0.3, 0.4) is 0 Å². The fourth-order valence-corrected chi connectivity index (χ4v) is 4.56. The first-order valence-corrected chi connectivity index (χ1v) is 9.45. The predicted octanol–water partition coefficient (Wildman–Crippen LogP) is 2.95. The van der Waals surface area contributed by atoms with Gasteiger partial charge in [-0.2, -0.15) is 0 Å². The van der Waals surface area contributed by atoms with Crippen molar-refractivity contribution < 1.29 is 4.74 Å². The van der Waals surface area contributed by atoms with Gasteiger partial charge in [0.05, 0.1) is 0 Å². The van der Waals surface area contributed by atoms with Gasteiger partial charge in [0.25, 0.3) is 0 Å². The highest BCUT2D eigenvalue weighted by atomic mass is 28.3. The van der Waals surface area contributed by atoms with Gasteiger partial charge in [-0.05, 0) is 31.6 Å². The molecule has 0 aliphatic carbocycles. The molecule has 0 saturated heterocycles. The number of ether oxygens (including phenoxy) is 1. The topological polar surface area (TPSA) is 12.5 Å². The Morgan fingerprint density at radius 3 is 2.35 bits per heavy atom. The standard InChI is InChI=1S/C17H28NOSi/c1-5-16-9-11-17(12-10-16)20(15-19-4)14-8-13-18(6-2)7-3/h5,9-12H,1,6-8,13-15H2,2-4H3. The van der Waals surface area contributed by atoms with Crippen molar-refractivity contribution in [1.82, 2.24) is 4.90 Å². The summed E-state index contributed by atoms with van der Waals surface area (Å²) in [4.78, 5) is 2.49. The molecule has 0 unspecified atom stereocenters. The van der Waals surface area contributed by atoms with Crippen LogP contribution in [-0.4, -0.2) is 46.7 Å². The smallest absolute Gasteiger partial charge is 0.116 e. The summed E-state index contributed by atoms with van der Waals surface area (Å²) in [5.74, 6) is 0. The van der Waals surface area contributed by atoms with Gasteiger partial charge in [0.2, 0.25) is 0 Å². The molecule has 0 amide bonds. The van der Waals surface area contributed by atoms with Crippen molar-refractivity contribution in [3.8, 4) is 0 Å². The van der Waals surface area contributed by atoms with Crippen LogP contribution in [0.1, 0.15) is 25.8 Å². The second-order valence-electron chi connectivity index (χ2n) is 4.99. The minimum Gasteiger partial charge on any atom is -0.388 e. The Morgan fingerprint density at radius 1 is 1.20 bits per heavy atom. The molecule has 0 N–H and O–H groups in total. The lowest BCUT2D eigenvalue weighted by Crippen LogP contribution is -2.36. The molecule has 1 radical (unpaired) electrons. The molecule has 111 valence electrons. The van der Waals surface area contributed by atoms with Gasteiger partial charge in [0.15, 0.2) is 0 Å². The van der Waals surface area contributed by atoms with E-state index < -0.39 is 8.80 Å². The highest BCUT2D eigenvalue weighted by Gasteiger charge is 2.14. The van der Waals surface area contributed by atoms with Gasteiger partial charge in [0, 0.05) is 13.3 Å². The molecule has 1 aromatic rings. The van der Waals surface area contributed by atoms with Crippen LogP contribution in [0.5, 0.6) is 0 Å². The van der Waals surface area contributed by atoms with Gasteiger partial charge in [-0.3, -0.25) is 0 Å². The van der Waals surface area contributed by atoms with E-state index in [-0.39, 0.29) is 0 Å². The Bertz CT molecular complexity index is 373. The van der Waals surface area contributed by atoms with Crippen molar-refractivity contribution >= 4 is 20.1 Å². The van der Waals surface area contributed by atoms with Gasteiger partial charge in [0.1, 0.15) is 8.80 Å². The second kappa shape index (κ2) is 9.92. The highest BCUT2D eigenvalue weighted by Crippen LogP contribution is 2.05. The summed E-state index contributed by atoms with van der Waals surface area (Å²) in [7, 11) is 1.22. The lowest BCUT2D eigenvalue weighted by molar-refractivity contribution is 0.249. The van der Waals surface area contributed by atoms with Crippen LogP contribution >= 0.6 is 0 Å². The maximum atomic E-state index is 5.44. The summed E-state index contributed by atoms with van der Waals surface area (Å²) in [5.41, 5.74) is 1.19. The van der Waals surface area contributed by atoms with Crippen molar-refractivity contribution in [2.75, 3.05) is 33.0 Å². The normalized spacial score (nSPS) is 11.2. The van der Waals surface area contributed by atoms with E-state index in [9.17, 15) is 0 Å². The maximum absolute atomic E-state index is 5.44. The molecule has 0 bridgehead atoms. The van der Waals surface area contributed by atoms with Crippen LogP contribution in [0.2, 0.25) is 6.04 Å². The van der Waals surface area contributed by atoms with Gasteiger partial charge in [-0.25, -0.2) is 0 Å². The van der Waals surface area contributed by atoms with Gasteiger partial charge >= 0.3 is 0 Å². The summed E-state index contributed by atoms with van der Waals surface area (Å²) >= 11 is 0. The quantitative estimate of drug-likeness (QED) is 0.614. The highest BCUT2D eigenvalue weighted by molar-refractivity contribution is 6.73. The molecule has 0 aliphatic rings. The van der Waals surface area contributed by atoms with Crippen LogP contribution in [0.15, 0.2) is 30.8 Å². The zero-order valence-corrected chi connectivity index (χ0v) is 14.2. The third-order valence-electron chi connectivity index (χ3n) is 3.72. The number of benzene rings is 1. The molecule has 0 saturated carbocycles. The van der Waals surface area contributed by atoms with E-state index >= 15 is 0 Å². The van der Waals surface area contributed by atoms with E-state index in [1.807, 2.05) is 13.2 Å². The molecule has 1 rings (SSSR count). The average Bonchev–Trinajstić information content (AvgIpc) is 2.50. The number of nitrogens with zero attached hydrogens (tertiary/aromatic N) is 1. The average molecular weight is 291 g/mol. The molecule has 3 heteroatoms. The first-order valence-electron chi connectivity index (χ1n) is 7.54. The summed E-state index contributed by atoms with van der Waals surface area (Å²) in [6.45, 7) is 11.8. The Hall–Kier alpha value is -0.903. The molecule has 0 atom stereocenters. The van der Waals surface area contributed by atoms with Crippen LogP contribution in [-0.2, 0) is 4.74 Å². The molecule has 0 aromatic heterocycles. The SMILES string of the molecule is C=Cc1ccc([Si](CCCN(CC)CC)COC)cc1. The van der Waals surface area contributed by atoms with Crippen LogP contribution < -0.4 is 5.19 Å². The zero-order valence-electron chi connectivity index (χ0n) is 13.2. The summed E-state index contributed by atoms with van der Waals surface area (Å²) < 4.78 is 5.44. The first-order chi connectivity index (χ1) is 9.74. The van der Waals surface area contributed by atoms with Crippen LogP contribution in [0.4, 0.5) is 0 Å². The molecule has 1 aromatic carbocycles. The third kappa shape index (κ3) is 5.61. The number of hydrogen-bond acceptors (Lipinski definition) is 2. The Labute approximate surface area is 126 Å². The minimum atomic E-state index is -0.593. The zero-order chi connectivity index (χ0) is 14.8. The number of hydrogen-bond donors (Lipinski definition) is 0. The van der Waals surface area contributed by atoms with E-state index in [1.54, 1.807) is 0 Å². The van der Waals surface area contributed by atoms with Gasteiger partial charge in [-0.1, -0.05) is 62.0 Å². The summed E-state index contributed by atoms with van der Waals surface area (Å²) in [6.07, 6.45) is 4.06. The summed E-state index contributed by atoms with van der Waals surface area (Å²) in [6, 6.07) is 10.1. The molecular formula is C17H28NOSi. The number of rotatable bonds is 10. The predicted molar refractivity (Wildman–Crippen MR) is 91.0 cm³/mol. The van der Waals surface area contributed by atoms with E-state index in [0.717, 1.165) is 19.3 Å². The van der Waals surface area contributed by atoms with Crippen LogP contribution in [0.25, 0.3) is 6.08 Å². The van der Waals surface area contributed by atoms with Crippen molar-refractivity contribution in [1.29, 1.82) is 0 Å². The Kier molecular flexibility index (Phi) is 8.50. The van der Waals surface area contributed by atoms with Crippen molar-refractivity contribution in [2.45, 2.75) is 26.3 Å².